The Morgan fingerprint density at radius 1 is 0.500 bits per heavy atom. The van der Waals surface area contributed by atoms with Crippen molar-refractivity contribution in [3.8, 4) is 0 Å². The van der Waals surface area contributed by atoms with Crippen molar-refractivity contribution in [3.63, 3.8) is 0 Å². The van der Waals surface area contributed by atoms with Crippen LogP contribution in [0.2, 0.25) is 0 Å². The average molecular weight is 345 g/mol. The quantitative estimate of drug-likeness (QED) is 0.314. The maximum absolute atomic E-state index is 3.45. The zero-order chi connectivity index (χ0) is 17.6. The van der Waals surface area contributed by atoms with E-state index in [2.05, 4.69) is 70.9 Å². The molecule has 26 heavy (non-hydrogen) atoms. The zero-order valence-electron chi connectivity index (χ0n) is 15.4. The molecular weight excluding hydrogens is 316 g/mol. The predicted octanol–water partition coefficient (Wildman–Crippen LogP) is 6.78. The molecule has 0 aliphatic rings. The molecule has 2 N–H and O–H groups in total. The first-order valence-corrected chi connectivity index (χ1v) is 10.0. The Bertz CT molecular complexity index is 880. The number of nitrogens with one attached hydrogen (secondary N) is 2. The maximum Gasteiger partial charge on any atom is 0.0226 e. The van der Waals surface area contributed by atoms with Crippen molar-refractivity contribution < 1.29 is 0 Å². The van der Waals surface area contributed by atoms with Crippen LogP contribution in [0.3, 0.4) is 0 Å². The summed E-state index contributed by atoms with van der Waals surface area (Å²) >= 11 is 0. The lowest BCUT2D eigenvalue weighted by Crippen LogP contribution is -1.89. The molecule has 2 aromatic carbocycles. The van der Waals surface area contributed by atoms with Crippen LogP contribution in [0, 0.1) is 0 Å². The summed E-state index contributed by atoms with van der Waals surface area (Å²) < 4.78 is 0. The van der Waals surface area contributed by atoms with E-state index in [4.69, 9.17) is 0 Å². The van der Waals surface area contributed by atoms with Crippen LogP contribution in [0.1, 0.15) is 49.9 Å². The lowest BCUT2D eigenvalue weighted by Gasteiger charge is -2.03. The third-order valence-corrected chi connectivity index (χ3v) is 5.48. The minimum absolute atomic E-state index is 1.17. The number of fused-ring (bicyclic) bond motifs is 2. The minimum atomic E-state index is 1.17. The molecule has 4 rings (SSSR count). The van der Waals surface area contributed by atoms with Gasteiger partial charge in [0.1, 0.15) is 0 Å². The van der Waals surface area contributed by atoms with Crippen LogP contribution in [0.5, 0.6) is 0 Å². The lowest BCUT2D eigenvalue weighted by molar-refractivity contribution is 0.591. The molecule has 0 aliphatic carbocycles. The number of hydrogen-bond acceptors (Lipinski definition) is 0. The van der Waals surface area contributed by atoms with Gasteiger partial charge < -0.3 is 9.97 Å². The van der Waals surface area contributed by atoms with Gasteiger partial charge in [0.2, 0.25) is 0 Å². The summed E-state index contributed by atoms with van der Waals surface area (Å²) in [7, 11) is 0. The van der Waals surface area contributed by atoms with Gasteiger partial charge in [-0.1, -0.05) is 74.2 Å². The van der Waals surface area contributed by atoms with Crippen LogP contribution in [-0.2, 0) is 12.8 Å². The lowest BCUT2D eigenvalue weighted by atomic mass is 10.0. The standard InChI is InChI=1S/C24H28N2/c1(3-5-15-23-21-13-9-7-11-19(21)17-25-23)2-4-6-16-24-22-14-10-8-12-20(22)18-26-24/h7-14,17-18,25-26H,1-6,15-16H2. The number of unbranched alkanes of at least 4 members (excludes halogenated alkanes) is 5. The van der Waals surface area contributed by atoms with E-state index < -0.39 is 0 Å². The molecular formula is C24H28N2. The smallest absolute Gasteiger partial charge is 0.0226 e. The molecule has 2 heteroatoms. The molecule has 0 saturated heterocycles. The van der Waals surface area contributed by atoms with Crippen LogP contribution in [-0.4, -0.2) is 9.97 Å². The molecule has 0 spiro atoms. The Kier molecular flexibility index (Phi) is 5.39. The van der Waals surface area contributed by atoms with Gasteiger partial charge in [0, 0.05) is 34.6 Å². The molecule has 2 nitrogen and oxygen atoms in total. The predicted molar refractivity (Wildman–Crippen MR) is 112 cm³/mol. The van der Waals surface area contributed by atoms with E-state index in [0.29, 0.717) is 0 Å². The van der Waals surface area contributed by atoms with Gasteiger partial charge in [-0.3, -0.25) is 0 Å². The Morgan fingerprint density at radius 2 is 0.923 bits per heavy atom. The second-order valence-electron chi connectivity index (χ2n) is 7.33. The maximum atomic E-state index is 3.45. The van der Waals surface area contributed by atoms with Crippen LogP contribution < -0.4 is 0 Å². The highest BCUT2D eigenvalue weighted by Gasteiger charge is 2.03. The first-order chi connectivity index (χ1) is 12.9. The van der Waals surface area contributed by atoms with Crippen LogP contribution in [0.4, 0.5) is 0 Å². The number of hydrogen-bond donors (Lipinski definition) is 2. The molecule has 0 aliphatic heterocycles. The van der Waals surface area contributed by atoms with Gasteiger partial charge in [-0.05, 0) is 36.5 Å². The minimum Gasteiger partial charge on any atom is -0.364 e. The van der Waals surface area contributed by atoms with E-state index >= 15 is 0 Å². The SMILES string of the molecule is c1ccc2c(CCCCCCCCc3[nH]cc4ccccc34)[nH]cc2c1. The zero-order valence-corrected chi connectivity index (χ0v) is 15.4. The van der Waals surface area contributed by atoms with Gasteiger partial charge in [0.25, 0.3) is 0 Å². The van der Waals surface area contributed by atoms with Crippen molar-refractivity contribution in [2.45, 2.75) is 51.4 Å². The van der Waals surface area contributed by atoms with Crippen LogP contribution >= 0.6 is 0 Å². The van der Waals surface area contributed by atoms with Crippen molar-refractivity contribution in [2.75, 3.05) is 0 Å². The van der Waals surface area contributed by atoms with Crippen molar-refractivity contribution in [2.24, 2.45) is 0 Å². The van der Waals surface area contributed by atoms with Crippen molar-refractivity contribution in [1.82, 2.24) is 9.97 Å². The summed E-state index contributed by atoms with van der Waals surface area (Å²) in [5.41, 5.74) is 2.80. The fourth-order valence-electron chi connectivity index (χ4n) is 4.00. The fourth-order valence-corrected chi connectivity index (χ4v) is 4.00. The van der Waals surface area contributed by atoms with Crippen LogP contribution in [0.25, 0.3) is 21.5 Å². The first-order valence-electron chi connectivity index (χ1n) is 10.0. The molecule has 0 atom stereocenters. The Labute approximate surface area is 155 Å². The second-order valence-corrected chi connectivity index (χ2v) is 7.33. The summed E-state index contributed by atoms with van der Waals surface area (Å²) in [5, 5.41) is 5.45. The molecule has 0 saturated carbocycles. The highest BCUT2D eigenvalue weighted by Crippen LogP contribution is 2.21. The number of aromatic nitrogens is 2. The normalized spacial score (nSPS) is 11.5. The number of aromatic amines is 2. The average Bonchev–Trinajstić information content (AvgIpc) is 3.28. The molecule has 0 bridgehead atoms. The summed E-state index contributed by atoms with van der Waals surface area (Å²) in [6.45, 7) is 0. The van der Waals surface area contributed by atoms with Gasteiger partial charge in [0.05, 0.1) is 0 Å². The van der Waals surface area contributed by atoms with Crippen molar-refractivity contribution in [3.05, 3.63) is 72.3 Å². The van der Waals surface area contributed by atoms with Crippen molar-refractivity contribution >= 4 is 21.5 Å². The highest BCUT2D eigenvalue weighted by molar-refractivity contribution is 5.85. The van der Waals surface area contributed by atoms with E-state index in [0.717, 1.165) is 0 Å². The summed E-state index contributed by atoms with van der Waals surface area (Å²) in [5.74, 6) is 0. The first kappa shape index (κ1) is 17.0. The third kappa shape index (κ3) is 3.85. The Morgan fingerprint density at radius 3 is 1.42 bits per heavy atom. The number of rotatable bonds is 9. The van der Waals surface area contributed by atoms with Gasteiger partial charge in [-0.25, -0.2) is 0 Å². The van der Waals surface area contributed by atoms with E-state index in [9.17, 15) is 0 Å². The number of H-pyrrole nitrogens is 2. The molecule has 0 unspecified atom stereocenters. The summed E-state index contributed by atoms with van der Waals surface area (Å²) in [6.07, 6.45) is 14.5. The van der Waals surface area contributed by atoms with Crippen molar-refractivity contribution in [1.29, 1.82) is 0 Å². The summed E-state index contributed by atoms with van der Waals surface area (Å²) in [4.78, 5) is 6.90. The topological polar surface area (TPSA) is 31.6 Å². The molecule has 4 aromatic rings. The number of aryl methyl sites for hydroxylation is 2. The Hall–Kier alpha value is -2.48. The van der Waals surface area contributed by atoms with E-state index in [1.165, 1.54) is 84.3 Å². The van der Waals surface area contributed by atoms with E-state index in [1.54, 1.807) is 0 Å². The van der Waals surface area contributed by atoms with Crippen LogP contribution in [0.15, 0.2) is 60.9 Å². The van der Waals surface area contributed by atoms with E-state index in [1.807, 2.05) is 0 Å². The largest absolute Gasteiger partial charge is 0.364 e. The fraction of sp³-hybridized carbons (Fsp3) is 0.333. The summed E-state index contributed by atoms with van der Waals surface area (Å²) in [6, 6.07) is 17.3. The molecule has 134 valence electrons. The van der Waals surface area contributed by atoms with Gasteiger partial charge in [-0.2, -0.15) is 0 Å². The molecule has 0 fully saturated rings. The second kappa shape index (κ2) is 8.27. The molecule has 0 radical (unpaired) electrons. The third-order valence-electron chi connectivity index (χ3n) is 5.48. The van der Waals surface area contributed by atoms with Gasteiger partial charge in [0.15, 0.2) is 0 Å². The molecule has 0 amide bonds. The molecule has 2 aromatic heterocycles. The van der Waals surface area contributed by atoms with E-state index in [-0.39, 0.29) is 0 Å². The van der Waals surface area contributed by atoms with Gasteiger partial charge >= 0.3 is 0 Å². The monoisotopic (exact) mass is 344 g/mol. The van der Waals surface area contributed by atoms with Gasteiger partial charge in [-0.15, -0.1) is 0 Å². The highest BCUT2D eigenvalue weighted by atomic mass is 14.7. The number of benzene rings is 2. The molecule has 2 heterocycles. The Balaban J connectivity index is 1.13.